The number of alkyl halides is 1. The zero-order valence-electron chi connectivity index (χ0n) is 21.1. The average molecular weight is 425 g/mol. The van der Waals surface area contributed by atoms with Crippen molar-refractivity contribution in [3.05, 3.63) is 12.7 Å². The van der Waals surface area contributed by atoms with E-state index in [0.29, 0.717) is 28.5 Å². The molecule has 0 fully saturated rings. The maximum absolute atomic E-state index is 8.63. The molecule has 0 aliphatic carbocycles. The molecule has 1 nitrogen and oxygen atoms in total. The predicted molar refractivity (Wildman–Crippen MR) is 133 cm³/mol. The third-order valence-corrected chi connectivity index (χ3v) is 7.00. The zero-order valence-corrected chi connectivity index (χ0v) is 22.6. The van der Waals surface area contributed by atoms with Crippen molar-refractivity contribution < 1.29 is 5.11 Å². The standard InChI is InChI=1S/C8H16.C6H14S.C5H11Cl.C5H12O/c1-6-8(4,5)7(2)3;1-5(2)6(3)7-4;2*1-4(2)5(3)6/h6-7H,1H2,2-5H3;5-6H,1-4H3;4-5H,1-3H3;4-6H,1-3H3. The van der Waals surface area contributed by atoms with Gasteiger partial charge in [0.2, 0.25) is 0 Å². The van der Waals surface area contributed by atoms with E-state index in [1.807, 2.05) is 38.6 Å². The normalized spacial score (nSPS) is 14.4. The molecule has 0 aliphatic rings. The summed E-state index contributed by atoms with van der Waals surface area (Å²) >= 11 is 7.55. The van der Waals surface area contributed by atoms with Crippen LogP contribution in [0, 0.1) is 29.1 Å². The molecular weight excluding hydrogens is 372 g/mol. The monoisotopic (exact) mass is 424 g/mol. The summed E-state index contributed by atoms with van der Waals surface area (Å²) in [6, 6.07) is 0. The van der Waals surface area contributed by atoms with Crippen LogP contribution in [0.3, 0.4) is 0 Å². The van der Waals surface area contributed by atoms with Gasteiger partial charge in [-0.15, -0.1) is 18.2 Å². The van der Waals surface area contributed by atoms with Gasteiger partial charge in [0.15, 0.2) is 0 Å². The van der Waals surface area contributed by atoms with E-state index in [9.17, 15) is 0 Å². The van der Waals surface area contributed by atoms with Crippen molar-refractivity contribution in [1.29, 1.82) is 0 Å². The fourth-order valence-electron chi connectivity index (χ4n) is 0.508. The summed E-state index contributed by atoms with van der Waals surface area (Å²) in [5.74, 6) is 2.55. The molecule has 0 rings (SSSR count). The first kappa shape index (κ1) is 34.8. The fraction of sp³-hybridized carbons (Fsp3) is 0.917. The van der Waals surface area contributed by atoms with Gasteiger partial charge >= 0.3 is 0 Å². The maximum Gasteiger partial charge on any atom is 0.0535 e. The number of allylic oxidation sites excluding steroid dienone is 1. The van der Waals surface area contributed by atoms with E-state index < -0.39 is 0 Å². The highest BCUT2D eigenvalue weighted by atomic mass is 35.5. The number of thioether (sulfide) groups is 1. The van der Waals surface area contributed by atoms with Gasteiger partial charge in [0, 0.05) is 10.6 Å². The first-order valence-corrected chi connectivity index (χ1v) is 12.2. The lowest BCUT2D eigenvalue weighted by atomic mass is 9.82. The van der Waals surface area contributed by atoms with Crippen LogP contribution in [-0.4, -0.2) is 28.1 Å². The molecule has 3 heteroatoms. The summed E-state index contributed by atoms with van der Waals surface area (Å²) in [6.07, 6.45) is 4.02. The molecule has 0 saturated heterocycles. The lowest BCUT2D eigenvalue weighted by Crippen LogP contribution is -2.14. The molecular formula is C24H53ClOS. The van der Waals surface area contributed by atoms with Crippen LogP contribution >= 0.6 is 23.4 Å². The van der Waals surface area contributed by atoms with Gasteiger partial charge < -0.3 is 5.11 Å². The molecule has 0 radical (unpaired) electrons. The zero-order chi connectivity index (χ0) is 23.0. The fourth-order valence-corrected chi connectivity index (χ4v) is 1.05. The second kappa shape index (κ2) is 19.6. The summed E-state index contributed by atoms with van der Waals surface area (Å²) in [5, 5.41) is 9.77. The first-order valence-electron chi connectivity index (χ1n) is 10.5. The summed E-state index contributed by atoms with van der Waals surface area (Å²) < 4.78 is 0. The Kier molecular flexibility index (Phi) is 25.3. The molecule has 0 saturated carbocycles. The first-order chi connectivity index (χ1) is 12.0. The number of hydrogen-bond donors (Lipinski definition) is 1. The van der Waals surface area contributed by atoms with Gasteiger partial charge in [0.25, 0.3) is 0 Å². The Morgan fingerprint density at radius 2 is 1.11 bits per heavy atom. The Hall–Kier alpha value is 0.340. The van der Waals surface area contributed by atoms with Crippen molar-refractivity contribution in [1.82, 2.24) is 0 Å². The lowest BCUT2D eigenvalue weighted by Gasteiger charge is -2.24. The molecule has 0 heterocycles. The summed E-state index contributed by atoms with van der Waals surface area (Å²) in [7, 11) is 0. The Morgan fingerprint density at radius 1 is 0.815 bits per heavy atom. The van der Waals surface area contributed by atoms with Crippen molar-refractivity contribution in [3.63, 3.8) is 0 Å². The van der Waals surface area contributed by atoms with E-state index >= 15 is 0 Å². The highest BCUT2D eigenvalue weighted by molar-refractivity contribution is 7.99. The van der Waals surface area contributed by atoms with Gasteiger partial charge in [0.1, 0.15) is 0 Å². The van der Waals surface area contributed by atoms with E-state index in [-0.39, 0.29) is 6.10 Å². The molecule has 3 unspecified atom stereocenters. The molecule has 0 aromatic heterocycles. The van der Waals surface area contributed by atoms with Crippen molar-refractivity contribution in [2.24, 2.45) is 29.1 Å². The van der Waals surface area contributed by atoms with Crippen LogP contribution in [0.4, 0.5) is 0 Å². The second-order valence-electron chi connectivity index (χ2n) is 9.27. The minimum absolute atomic E-state index is 0.148. The number of aliphatic hydroxyl groups is 1. The van der Waals surface area contributed by atoms with Gasteiger partial charge in [0.05, 0.1) is 6.10 Å². The summed E-state index contributed by atoms with van der Waals surface area (Å²) in [6.45, 7) is 31.3. The maximum atomic E-state index is 8.63. The molecule has 0 aliphatic heterocycles. The number of rotatable bonds is 6. The van der Waals surface area contributed by atoms with E-state index in [2.05, 4.69) is 75.1 Å². The van der Waals surface area contributed by atoms with Crippen molar-refractivity contribution in [2.45, 2.75) is 107 Å². The molecule has 0 aromatic rings. The van der Waals surface area contributed by atoms with Gasteiger partial charge in [-0.25, -0.2) is 0 Å². The summed E-state index contributed by atoms with van der Waals surface area (Å²) in [5.41, 5.74) is 0.306. The van der Waals surface area contributed by atoms with Crippen molar-refractivity contribution >= 4 is 23.4 Å². The quantitative estimate of drug-likeness (QED) is 0.340. The van der Waals surface area contributed by atoms with Crippen LogP contribution in [0.1, 0.15) is 90.0 Å². The van der Waals surface area contributed by atoms with Crippen LogP contribution < -0.4 is 0 Å². The molecule has 0 bridgehead atoms. The number of aliphatic hydroxyl groups excluding tert-OH is 1. The Morgan fingerprint density at radius 3 is 1.11 bits per heavy atom. The van der Waals surface area contributed by atoms with Gasteiger partial charge in [-0.2, -0.15) is 11.8 Å². The molecule has 0 aromatic carbocycles. The largest absolute Gasteiger partial charge is 0.393 e. The summed E-state index contributed by atoms with van der Waals surface area (Å²) in [4.78, 5) is 0. The topological polar surface area (TPSA) is 20.2 Å². The van der Waals surface area contributed by atoms with E-state index in [0.717, 1.165) is 11.2 Å². The van der Waals surface area contributed by atoms with Crippen LogP contribution in [0.2, 0.25) is 0 Å². The minimum atomic E-state index is -0.148. The molecule has 0 amide bonds. The van der Waals surface area contributed by atoms with E-state index in [1.54, 1.807) is 6.92 Å². The minimum Gasteiger partial charge on any atom is -0.393 e. The van der Waals surface area contributed by atoms with Crippen molar-refractivity contribution in [2.75, 3.05) is 6.26 Å². The van der Waals surface area contributed by atoms with Gasteiger partial charge in [-0.05, 0) is 49.2 Å². The Balaban J connectivity index is -0.000000132. The van der Waals surface area contributed by atoms with Crippen molar-refractivity contribution in [3.8, 4) is 0 Å². The third-order valence-electron chi connectivity index (χ3n) is 5.21. The number of hydrogen-bond acceptors (Lipinski definition) is 2. The predicted octanol–water partition coefficient (Wildman–Crippen LogP) is 8.54. The highest BCUT2D eigenvalue weighted by Crippen LogP contribution is 2.26. The highest BCUT2D eigenvalue weighted by Gasteiger charge is 2.16. The number of halogens is 1. The second-order valence-corrected chi connectivity index (χ2v) is 11.2. The molecule has 27 heavy (non-hydrogen) atoms. The van der Waals surface area contributed by atoms with Crippen LogP contribution in [0.25, 0.3) is 0 Å². The van der Waals surface area contributed by atoms with Crippen LogP contribution in [0.5, 0.6) is 0 Å². The van der Waals surface area contributed by atoms with Crippen LogP contribution in [-0.2, 0) is 0 Å². The third kappa shape index (κ3) is 28.6. The van der Waals surface area contributed by atoms with Gasteiger partial charge in [-0.3, -0.25) is 0 Å². The van der Waals surface area contributed by atoms with Crippen LogP contribution in [0.15, 0.2) is 12.7 Å². The smallest absolute Gasteiger partial charge is 0.0535 e. The Bertz CT molecular complexity index is 284. The molecule has 168 valence electrons. The van der Waals surface area contributed by atoms with E-state index in [1.165, 1.54) is 0 Å². The average Bonchev–Trinajstić information content (AvgIpc) is 2.55. The van der Waals surface area contributed by atoms with Gasteiger partial charge in [-0.1, -0.05) is 82.2 Å². The molecule has 0 spiro atoms. The molecule has 3 atom stereocenters. The molecule has 1 N–H and O–H groups in total. The van der Waals surface area contributed by atoms with E-state index in [4.69, 9.17) is 16.7 Å². The SMILES string of the molecule is C=CC(C)(C)C(C)C.CC(C)C(C)Cl.CC(C)C(C)O.CSC(C)C(C)C. The Labute approximate surface area is 183 Å². The lowest BCUT2D eigenvalue weighted by molar-refractivity contribution is 0.144.